The molecule has 4 heteroatoms. The van der Waals surface area contributed by atoms with Crippen molar-refractivity contribution in [3.8, 4) is 0 Å². The van der Waals surface area contributed by atoms with Crippen LogP contribution in [0.1, 0.15) is 31.7 Å². The number of ether oxygens (including phenoxy) is 1. The number of carbonyl (C=O) groups excluding carboxylic acids is 1. The van der Waals surface area contributed by atoms with Crippen molar-refractivity contribution in [2.45, 2.75) is 44.2 Å². The van der Waals surface area contributed by atoms with E-state index >= 15 is 0 Å². The summed E-state index contributed by atoms with van der Waals surface area (Å²) in [6.45, 7) is 2.23. The van der Waals surface area contributed by atoms with Gasteiger partial charge in [0, 0.05) is 28.7 Å². The first kappa shape index (κ1) is 13.8. The van der Waals surface area contributed by atoms with E-state index in [-0.39, 0.29) is 16.9 Å². The van der Waals surface area contributed by atoms with Gasteiger partial charge in [-0.2, -0.15) is 0 Å². The monoisotopic (exact) mass is 298 g/mol. The molecule has 5 rings (SSSR count). The van der Waals surface area contributed by atoms with Crippen molar-refractivity contribution in [2.75, 3.05) is 7.11 Å². The maximum absolute atomic E-state index is 11.7. The van der Waals surface area contributed by atoms with Crippen LogP contribution in [0.5, 0.6) is 0 Å². The minimum absolute atomic E-state index is 0.0274. The lowest BCUT2D eigenvalue weighted by Crippen LogP contribution is -2.77. The Morgan fingerprint density at radius 1 is 1.36 bits per heavy atom. The second-order valence-corrected chi connectivity index (χ2v) is 7.19. The van der Waals surface area contributed by atoms with Gasteiger partial charge in [0.1, 0.15) is 0 Å². The van der Waals surface area contributed by atoms with Crippen molar-refractivity contribution >= 4 is 16.9 Å². The molecule has 1 heterocycles. The highest BCUT2D eigenvalue weighted by atomic mass is 16.5. The van der Waals surface area contributed by atoms with Gasteiger partial charge in [-0.15, -0.1) is 0 Å². The number of aromatic amines is 1. The van der Waals surface area contributed by atoms with Gasteiger partial charge < -0.3 is 15.0 Å². The zero-order valence-corrected chi connectivity index (χ0v) is 13.1. The predicted molar refractivity (Wildman–Crippen MR) is 85.6 cm³/mol. The highest BCUT2D eigenvalue weighted by Gasteiger charge is 2.72. The Balaban J connectivity index is 1.39. The molecule has 0 aliphatic heterocycles. The number of aromatic nitrogens is 1. The van der Waals surface area contributed by atoms with E-state index in [2.05, 4.69) is 47.7 Å². The highest BCUT2D eigenvalue weighted by molar-refractivity contribution is 5.83. The average Bonchev–Trinajstić information content (AvgIpc) is 2.84. The number of hydrogen-bond donors (Lipinski definition) is 2. The fraction of sp³-hybridized carbons (Fsp3) is 0.500. The Morgan fingerprint density at radius 2 is 2.09 bits per heavy atom. The first-order valence-electron chi connectivity index (χ1n) is 7.97. The smallest absolute Gasteiger partial charge is 0.312 e. The Bertz CT molecular complexity index is 714. The minimum Gasteiger partial charge on any atom is -0.469 e. The molecule has 0 radical (unpaired) electrons. The van der Waals surface area contributed by atoms with Crippen LogP contribution in [0.4, 0.5) is 0 Å². The largest absolute Gasteiger partial charge is 0.469 e. The Kier molecular flexibility index (Phi) is 2.89. The fourth-order valence-electron chi connectivity index (χ4n) is 4.58. The van der Waals surface area contributed by atoms with Crippen LogP contribution in [-0.4, -0.2) is 29.6 Å². The van der Waals surface area contributed by atoms with Gasteiger partial charge >= 0.3 is 5.97 Å². The molecule has 0 amide bonds. The predicted octanol–water partition coefficient (Wildman–Crippen LogP) is 2.78. The van der Waals surface area contributed by atoms with Crippen LogP contribution in [0.3, 0.4) is 0 Å². The van der Waals surface area contributed by atoms with Crippen LogP contribution >= 0.6 is 0 Å². The van der Waals surface area contributed by atoms with Crippen molar-refractivity contribution in [3.63, 3.8) is 0 Å². The Labute approximate surface area is 130 Å². The summed E-state index contributed by atoms with van der Waals surface area (Å²) in [5, 5.41) is 5.05. The molecular formula is C18H22N2O2. The number of hydrogen-bond acceptors (Lipinski definition) is 3. The van der Waals surface area contributed by atoms with Crippen LogP contribution in [0, 0.1) is 5.41 Å². The zero-order valence-electron chi connectivity index (χ0n) is 13.1. The van der Waals surface area contributed by atoms with Crippen molar-refractivity contribution in [2.24, 2.45) is 5.41 Å². The van der Waals surface area contributed by atoms with Crippen LogP contribution in [-0.2, 0) is 16.0 Å². The summed E-state index contributed by atoms with van der Waals surface area (Å²) in [7, 11) is 1.49. The molecule has 1 aromatic heterocycles. The topological polar surface area (TPSA) is 54.1 Å². The van der Waals surface area contributed by atoms with E-state index in [1.54, 1.807) is 0 Å². The lowest BCUT2D eigenvalue weighted by molar-refractivity contribution is -0.203. The van der Waals surface area contributed by atoms with E-state index in [4.69, 9.17) is 4.74 Å². The van der Waals surface area contributed by atoms with E-state index in [1.807, 2.05) is 0 Å². The standard InChI is InChI=1S/C18H22N2O2/c1-12(7-13-8-19-15-6-4-3-5-14(13)15)20-18-9-17(10-18,11-18)16(21)22-2/h3-6,8,12,19-20H,7,9-11H2,1-2H3/t12-,17?,18?/m0/s1. The number of H-pyrrole nitrogens is 1. The number of esters is 1. The molecule has 2 bridgehead atoms. The second kappa shape index (κ2) is 4.59. The number of nitrogens with one attached hydrogen (secondary N) is 2. The Morgan fingerprint density at radius 3 is 2.82 bits per heavy atom. The highest BCUT2D eigenvalue weighted by Crippen LogP contribution is 2.67. The van der Waals surface area contributed by atoms with E-state index < -0.39 is 0 Å². The summed E-state index contributed by atoms with van der Waals surface area (Å²) in [6, 6.07) is 8.81. The lowest BCUT2D eigenvalue weighted by Gasteiger charge is -2.69. The van der Waals surface area contributed by atoms with Crippen LogP contribution in [0.25, 0.3) is 10.9 Å². The Hall–Kier alpha value is -1.81. The SMILES string of the molecule is COC(=O)C12CC(N[C@@H](C)Cc3c[nH]c4ccccc34)(C1)C2. The number of para-hydroxylation sites is 1. The van der Waals surface area contributed by atoms with Crippen LogP contribution < -0.4 is 5.32 Å². The third-order valence-corrected chi connectivity index (χ3v) is 5.40. The van der Waals surface area contributed by atoms with Gasteiger partial charge in [0.05, 0.1) is 12.5 Å². The minimum atomic E-state index is -0.164. The summed E-state index contributed by atoms with van der Waals surface area (Å²) in [5.41, 5.74) is 2.56. The summed E-state index contributed by atoms with van der Waals surface area (Å²) in [4.78, 5) is 15.1. The molecule has 3 aliphatic rings. The molecular weight excluding hydrogens is 276 g/mol. The van der Waals surface area contributed by atoms with Gasteiger partial charge in [0.15, 0.2) is 0 Å². The van der Waals surface area contributed by atoms with Gasteiger partial charge in [0.2, 0.25) is 0 Å². The number of methoxy groups -OCH3 is 1. The van der Waals surface area contributed by atoms with Gasteiger partial charge in [-0.3, -0.25) is 4.79 Å². The molecule has 0 saturated heterocycles. The number of fused-ring (bicyclic) bond motifs is 1. The molecule has 3 saturated carbocycles. The second-order valence-electron chi connectivity index (χ2n) is 7.19. The maximum Gasteiger partial charge on any atom is 0.312 e. The first-order chi connectivity index (χ1) is 10.6. The molecule has 0 spiro atoms. The average molecular weight is 298 g/mol. The van der Waals surface area contributed by atoms with Gasteiger partial charge in [-0.25, -0.2) is 0 Å². The molecule has 1 aromatic carbocycles. The fourth-order valence-corrected chi connectivity index (χ4v) is 4.58. The third-order valence-electron chi connectivity index (χ3n) is 5.40. The third kappa shape index (κ3) is 1.90. The molecule has 3 aliphatic carbocycles. The van der Waals surface area contributed by atoms with Crippen molar-refractivity contribution in [1.82, 2.24) is 10.3 Å². The van der Waals surface area contributed by atoms with Gasteiger partial charge in [-0.05, 0) is 44.2 Å². The molecule has 22 heavy (non-hydrogen) atoms. The molecule has 1 atom stereocenters. The molecule has 4 nitrogen and oxygen atoms in total. The van der Waals surface area contributed by atoms with Crippen LogP contribution in [0.2, 0.25) is 0 Å². The lowest BCUT2D eigenvalue weighted by atomic mass is 9.39. The first-order valence-corrected chi connectivity index (χ1v) is 7.97. The quantitative estimate of drug-likeness (QED) is 0.835. The number of benzene rings is 1. The summed E-state index contributed by atoms with van der Waals surface area (Å²) in [6.07, 6.45) is 5.92. The van der Waals surface area contributed by atoms with Gasteiger partial charge in [0.25, 0.3) is 0 Å². The van der Waals surface area contributed by atoms with E-state index in [1.165, 1.54) is 23.6 Å². The van der Waals surface area contributed by atoms with Crippen molar-refractivity contribution in [1.29, 1.82) is 0 Å². The zero-order chi connectivity index (χ0) is 15.4. The molecule has 116 valence electrons. The van der Waals surface area contributed by atoms with Crippen molar-refractivity contribution < 1.29 is 9.53 Å². The number of rotatable bonds is 5. The molecule has 3 fully saturated rings. The normalized spacial score (nSPS) is 30.5. The summed E-state index contributed by atoms with van der Waals surface area (Å²) < 4.78 is 4.91. The summed E-state index contributed by atoms with van der Waals surface area (Å²) in [5.74, 6) is -0.0274. The van der Waals surface area contributed by atoms with E-state index in [9.17, 15) is 4.79 Å². The van der Waals surface area contributed by atoms with Crippen LogP contribution in [0.15, 0.2) is 30.5 Å². The number of carbonyl (C=O) groups is 1. The van der Waals surface area contributed by atoms with E-state index in [0.29, 0.717) is 6.04 Å². The van der Waals surface area contributed by atoms with Gasteiger partial charge in [-0.1, -0.05) is 18.2 Å². The summed E-state index contributed by atoms with van der Waals surface area (Å²) >= 11 is 0. The maximum atomic E-state index is 11.7. The van der Waals surface area contributed by atoms with E-state index in [0.717, 1.165) is 25.7 Å². The molecule has 2 aromatic rings. The molecule has 0 unspecified atom stereocenters. The van der Waals surface area contributed by atoms with Crippen molar-refractivity contribution in [3.05, 3.63) is 36.0 Å². The molecule has 2 N–H and O–H groups in total.